The van der Waals surface area contributed by atoms with Crippen LogP contribution in [-0.2, 0) is 4.84 Å². The van der Waals surface area contributed by atoms with E-state index in [1.807, 2.05) is 13.8 Å². The van der Waals surface area contributed by atoms with E-state index in [1.54, 1.807) is 0 Å². The van der Waals surface area contributed by atoms with Crippen LogP contribution in [0.25, 0.3) is 0 Å². The molecule has 0 saturated carbocycles. The molecule has 1 aliphatic heterocycles. The van der Waals surface area contributed by atoms with Crippen LogP contribution in [0.4, 0.5) is 0 Å². The predicted molar refractivity (Wildman–Crippen MR) is 49.6 cm³/mol. The molecule has 0 aromatic rings. The molecule has 1 saturated heterocycles. The zero-order valence-corrected chi connectivity index (χ0v) is 8.10. The van der Waals surface area contributed by atoms with Crippen LogP contribution in [0.5, 0.6) is 0 Å². The molecule has 3 nitrogen and oxygen atoms in total. The van der Waals surface area contributed by atoms with Crippen LogP contribution in [0.2, 0.25) is 0 Å². The first-order chi connectivity index (χ1) is 5.64. The fourth-order valence-corrected chi connectivity index (χ4v) is 1.84. The van der Waals surface area contributed by atoms with E-state index >= 15 is 0 Å². The van der Waals surface area contributed by atoms with Gasteiger partial charge in [0.2, 0.25) is 0 Å². The molecule has 0 amide bonds. The normalized spacial score (nSPS) is 25.8. The number of nitrogens with one attached hydrogen (secondary N) is 1. The molecule has 0 aliphatic carbocycles. The van der Waals surface area contributed by atoms with Crippen molar-refractivity contribution < 1.29 is 4.84 Å². The summed E-state index contributed by atoms with van der Waals surface area (Å²) >= 11 is 0. The summed E-state index contributed by atoms with van der Waals surface area (Å²) in [6, 6.07) is 0. The van der Waals surface area contributed by atoms with E-state index in [9.17, 15) is 0 Å². The minimum Gasteiger partial charge on any atom is -0.316 e. The van der Waals surface area contributed by atoms with Gasteiger partial charge < -0.3 is 5.32 Å². The SMILES string of the molecule is CC(C)(CC1CCCNC1)ON. The van der Waals surface area contributed by atoms with Crippen LogP contribution < -0.4 is 11.2 Å². The van der Waals surface area contributed by atoms with E-state index in [0.29, 0.717) is 0 Å². The highest BCUT2D eigenvalue weighted by molar-refractivity contribution is 4.77. The Kier molecular flexibility index (Phi) is 3.50. The van der Waals surface area contributed by atoms with E-state index in [4.69, 9.17) is 10.7 Å². The van der Waals surface area contributed by atoms with Gasteiger partial charge >= 0.3 is 0 Å². The quantitative estimate of drug-likeness (QED) is 0.625. The molecule has 12 heavy (non-hydrogen) atoms. The second-order valence-electron chi connectivity index (χ2n) is 4.29. The van der Waals surface area contributed by atoms with Crippen molar-refractivity contribution in [3.05, 3.63) is 0 Å². The zero-order chi connectivity index (χ0) is 9.03. The standard InChI is InChI=1S/C9H20N2O/c1-9(2,12-10)6-8-4-3-5-11-7-8/h8,11H,3-7,10H2,1-2H3. The molecule has 0 bridgehead atoms. The Balaban J connectivity index is 2.28. The lowest BCUT2D eigenvalue weighted by molar-refractivity contribution is -0.0380. The van der Waals surface area contributed by atoms with E-state index in [-0.39, 0.29) is 5.60 Å². The number of rotatable bonds is 3. The molecular formula is C9H20N2O. The molecule has 1 aliphatic rings. The van der Waals surface area contributed by atoms with Crippen LogP contribution in [0.3, 0.4) is 0 Å². The Morgan fingerprint density at radius 3 is 2.83 bits per heavy atom. The minimum absolute atomic E-state index is 0.163. The first-order valence-electron chi connectivity index (χ1n) is 4.73. The smallest absolute Gasteiger partial charge is 0.0841 e. The van der Waals surface area contributed by atoms with Gasteiger partial charge in [-0.2, -0.15) is 0 Å². The van der Waals surface area contributed by atoms with Crippen molar-refractivity contribution in [2.24, 2.45) is 11.8 Å². The topological polar surface area (TPSA) is 47.3 Å². The van der Waals surface area contributed by atoms with E-state index in [2.05, 4.69) is 5.32 Å². The average molecular weight is 172 g/mol. The van der Waals surface area contributed by atoms with Crippen molar-refractivity contribution in [2.45, 2.75) is 38.7 Å². The van der Waals surface area contributed by atoms with Gasteiger partial charge in [0.15, 0.2) is 0 Å². The predicted octanol–water partition coefficient (Wildman–Crippen LogP) is 1.04. The fraction of sp³-hybridized carbons (Fsp3) is 1.00. The van der Waals surface area contributed by atoms with Crippen LogP contribution in [0.15, 0.2) is 0 Å². The highest BCUT2D eigenvalue weighted by Crippen LogP contribution is 2.23. The summed E-state index contributed by atoms with van der Waals surface area (Å²) in [6.07, 6.45) is 3.64. The summed E-state index contributed by atoms with van der Waals surface area (Å²) in [6.45, 7) is 6.37. The van der Waals surface area contributed by atoms with E-state index < -0.39 is 0 Å². The second kappa shape index (κ2) is 4.21. The molecule has 1 rings (SSSR count). The summed E-state index contributed by atoms with van der Waals surface area (Å²) in [5.41, 5.74) is -0.163. The van der Waals surface area contributed by atoms with Crippen molar-refractivity contribution in [2.75, 3.05) is 13.1 Å². The summed E-state index contributed by atoms with van der Waals surface area (Å²) in [4.78, 5) is 4.91. The van der Waals surface area contributed by atoms with Gasteiger partial charge in [-0.25, -0.2) is 5.90 Å². The van der Waals surface area contributed by atoms with Gasteiger partial charge in [-0.1, -0.05) is 0 Å². The highest BCUT2D eigenvalue weighted by Gasteiger charge is 2.24. The third-order valence-electron chi connectivity index (χ3n) is 2.50. The number of hydrogen-bond acceptors (Lipinski definition) is 3. The molecule has 0 aromatic carbocycles. The van der Waals surface area contributed by atoms with Crippen molar-refractivity contribution in [3.63, 3.8) is 0 Å². The van der Waals surface area contributed by atoms with Gasteiger partial charge in [0, 0.05) is 0 Å². The molecule has 1 unspecified atom stereocenters. The van der Waals surface area contributed by atoms with Crippen LogP contribution in [0.1, 0.15) is 33.1 Å². The van der Waals surface area contributed by atoms with Gasteiger partial charge in [-0.15, -0.1) is 0 Å². The molecule has 3 heteroatoms. The van der Waals surface area contributed by atoms with Gasteiger partial charge in [-0.3, -0.25) is 4.84 Å². The molecule has 3 N–H and O–H groups in total. The van der Waals surface area contributed by atoms with Crippen LogP contribution in [0, 0.1) is 5.92 Å². The monoisotopic (exact) mass is 172 g/mol. The summed E-state index contributed by atoms with van der Waals surface area (Å²) in [5, 5.41) is 3.39. The first-order valence-corrected chi connectivity index (χ1v) is 4.73. The van der Waals surface area contributed by atoms with Gasteiger partial charge in [0.25, 0.3) is 0 Å². The lowest BCUT2D eigenvalue weighted by atomic mass is 9.88. The lowest BCUT2D eigenvalue weighted by Gasteiger charge is -2.30. The summed E-state index contributed by atoms with van der Waals surface area (Å²) < 4.78 is 0. The third-order valence-corrected chi connectivity index (χ3v) is 2.50. The van der Waals surface area contributed by atoms with Crippen molar-refractivity contribution in [1.82, 2.24) is 5.32 Å². The van der Waals surface area contributed by atoms with Crippen LogP contribution in [-0.4, -0.2) is 18.7 Å². The third kappa shape index (κ3) is 3.09. The maximum Gasteiger partial charge on any atom is 0.0841 e. The number of nitrogens with two attached hydrogens (primary N) is 1. The Bertz CT molecular complexity index is 130. The molecule has 1 atom stereocenters. The summed E-state index contributed by atoms with van der Waals surface area (Å²) in [7, 11) is 0. The zero-order valence-electron chi connectivity index (χ0n) is 8.10. The van der Waals surface area contributed by atoms with E-state index in [1.165, 1.54) is 19.4 Å². The molecule has 1 fully saturated rings. The van der Waals surface area contributed by atoms with Gasteiger partial charge in [0.05, 0.1) is 5.60 Å². The lowest BCUT2D eigenvalue weighted by Crippen LogP contribution is -2.37. The Morgan fingerprint density at radius 2 is 2.33 bits per heavy atom. The maximum absolute atomic E-state index is 5.20. The Labute approximate surface area is 74.6 Å². The fourth-order valence-electron chi connectivity index (χ4n) is 1.84. The van der Waals surface area contributed by atoms with Crippen molar-refractivity contribution in [1.29, 1.82) is 0 Å². The molecule has 0 radical (unpaired) electrons. The molecular weight excluding hydrogens is 152 g/mol. The minimum atomic E-state index is -0.163. The Morgan fingerprint density at radius 1 is 1.58 bits per heavy atom. The van der Waals surface area contributed by atoms with Crippen LogP contribution >= 0.6 is 0 Å². The largest absolute Gasteiger partial charge is 0.316 e. The Hall–Kier alpha value is -0.120. The van der Waals surface area contributed by atoms with Gasteiger partial charge in [0.1, 0.15) is 0 Å². The van der Waals surface area contributed by atoms with E-state index in [0.717, 1.165) is 18.9 Å². The van der Waals surface area contributed by atoms with Crippen molar-refractivity contribution >= 4 is 0 Å². The van der Waals surface area contributed by atoms with Gasteiger partial charge in [-0.05, 0) is 52.1 Å². The molecule has 0 aromatic heterocycles. The average Bonchev–Trinajstić information content (AvgIpc) is 2.06. The second-order valence-corrected chi connectivity index (χ2v) is 4.29. The summed E-state index contributed by atoms with van der Waals surface area (Å²) in [5.74, 6) is 5.94. The molecule has 1 heterocycles. The first kappa shape index (κ1) is 9.96. The number of hydrogen-bond donors (Lipinski definition) is 2. The molecule has 72 valence electrons. The maximum atomic E-state index is 5.20. The molecule has 0 spiro atoms. The number of piperidine rings is 1. The van der Waals surface area contributed by atoms with Crippen molar-refractivity contribution in [3.8, 4) is 0 Å². The highest BCUT2D eigenvalue weighted by atomic mass is 16.6.